The van der Waals surface area contributed by atoms with Gasteiger partial charge in [0.15, 0.2) is 9.84 Å². The quantitative estimate of drug-likeness (QED) is 0.785. The van der Waals surface area contributed by atoms with Gasteiger partial charge in [-0.2, -0.15) is 0 Å². The second kappa shape index (κ2) is 7.99. The summed E-state index contributed by atoms with van der Waals surface area (Å²) in [5, 5.41) is 11.2. The van der Waals surface area contributed by atoms with Gasteiger partial charge in [0, 0.05) is 0 Å². The van der Waals surface area contributed by atoms with Gasteiger partial charge in [0.2, 0.25) is 0 Å². The van der Waals surface area contributed by atoms with Crippen LogP contribution < -0.4 is 0 Å². The fraction of sp³-hybridized carbons (Fsp3) is 0.391. The van der Waals surface area contributed by atoms with E-state index in [1.54, 1.807) is 34.6 Å². The minimum Gasteiger partial charge on any atom is -0.387 e. The van der Waals surface area contributed by atoms with E-state index in [0.717, 1.165) is 11.1 Å². The maximum atomic E-state index is 13.5. The van der Waals surface area contributed by atoms with Crippen molar-refractivity contribution < 1.29 is 13.5 Å². The molecule has 0 aliphatic heterocycles. The lowest BCUT2D eigenvalue weighted by atomic mass is 9.90. The SMILES string of the molecule is C/C(=C\c1ccccc1)[C@@H](O)[C@](C)(Cc1ccccc1)S(=O)(=O)C(C)(C)C. The van der Waals surface area contributed by atoms with Gasteiger partial charge in [0.1, 0.15) is 4.75 Å². The molecule has 2 aromatic carbocycles. The molecule has 146 valence electrons. The monoisotopic (exact) mass is 386 g/mol. The third-order valence-corrected chi connectivity index (χ3v) is 8.23. The molecule has 0 aliphatic rings. The van der Waals surface area contributed by atoms with Gasteiger partial charge in [0.25, 0.3) is 0 Å². The first-order chi connectivity index (χ1) is 12.5. The molecule has 3 nitrogen and oxygen atoms in total. The normalized spacial score (nSPS) is 16.6. The van der Waals surface area contributed by atoms with Crippen molar-refractivity contribution in [2.75, 3.05) is 0 Å². The molecule has 0 heterocycles. The molecule has 0 spiro atoms. The van der Waals surface area contributed by atoms with Gasteiger partial charge in [-0.05, 0) is 57.7 Å². The summed E-state index contributed by atoms with van der Waals surface area (Å²) in [5.74, 6) is 0. The van der Waals surface area contributed by atoms with Crippen molar-refractivity contribution >= 4 is 15.9 Å². The smallest absolute Gasteiger partial charge is 0.163 e. The molecule has 27 heavy (non-hydrogen) atoms. The molecule has 2 atom stereocenters. The molecule has 0 amide bonds. The van der Waals surface area contributed by atoms with Crippen LogP contribution in [0.4, 0.5) is 0 Å². The number of aliphatic hydroxyl groups is 1. The van der Waals surface area contributed by atoms with Crippen LogP contribution in [0, 0.1) is 0 Å². The second-order valence-corrected chi connectivity index (χ2v) is 11.5. The van der Waals surface area contributed by atoms with E-state index in [9.17, 15) is 13.5 Å². The van der Waals surface area contributed by atoms with Crippen LogP contribution in [-0.4, -0.2) is 29.1 Å². The largest absolute Gasteiger partial charge is 0.387 e. The van der Waals surface area contributed by atoms with Crippen molar-refractivity contribution in [3.05, 3.63) is 77.4 Å². The Bertz CT molecular complexity index is 878. The lowest BCUT2D eigenvalue weighted by Crippen LogP contribution is -2.55. The fourth-order valence-corrected chi connectivity index (χ4v) is 5.65. The highest BCUT2D eigenvalue weighted by Crippen LogP contribution is 2.37. The lowest BCUT2D eigenvalue weighted by molar-refractivity contribution is 0.163. The van der Waals surface area contributed by atoms with E-state index >= 15 is 0 Å². The Balaban J connectivity index is 2.53. The van der Waals surface area contributed by atoms with Crippen molar-refractivity contribution in [2.45, 2.75) is 56.6 Å². The zero-order valence-electron chi connectivity index (χ0n) is 16.8. The van der Waals surface area contributed by atoms with Crippen LogP contribution in [-0.2, 0) is 16.3 Å². The van der Waals surface area contributed by atoms with Gasteiger partial charge < -0.3 is 5.11 Å². The van der Waals surface area contributed by atoms with Crippen LogP contribution in [0.3, 0.4) is 0 Å². The number of sulfone groups is 1. The first-order valence-corrected chi connectivity index (χ1v) is 10.7. The maximum Gasteiger partial charge on any atom is 0.163 e. The third kappa shape index (κ3) is 4.50. The van der Waals surface area contributed by atoms with E-state index in [-0.39, 0.29) is 6.42 Å². The molecular weight excluding hydrogens is 356 g/mol. The molecule has 0 saturated heterocycles. The summed E-state index contributed by atoms with van der Waals surface area (Å²) in [5.41, 5.74) is 2.45. The van der Waals surface area contributed by atoms with Crippen molar-refractivity contribution in [2.24, 2.45) is 0 Å². The molecule has 1 N–H and O–H groups in total. The minimum atomic E-state index is -3.66. The van der Waals surface area contributed by atoms with E-state index in [2.05, 4.69) is 0 Å². The predicted octanol–water partition coefficient (Wildman–Crippen LogP) is 4.67. The Morgan fingerprint density at radius 3 is 1.93 bits per heavy atom. The van der Waals surface area contributed by atoms with E-state index in [0.29, 0.717) is 5.57 Å². The first kappa shape index (κ1) is 21.4. The van der Waals surface area contributed by atoms with Gasteiger partial charge in [-0.15, -0.1) is 0 Å². The van der Waals surface area contributed by atoms with Gasteiger partial charge in [-0.1, -0.05) is 66.7 Å². The zero-order valence-corrected chi connectivity index (χ0v) is 17.6. The molecule has 4 heteroatoms. The van der Waals surface area contributed by atoms with E-state index in [1.807, 2.05) is 66.7 Å². The molecule has 0 fully saturated rings. The molecular formula is C23H30O3S. The van der Waals surface area contributed by atoms with Crippen LogP contribution in [0.2, 0.25) is 0 Å². The lowest BCUT2D eigenvalue weighted by Gasteiger charge is -2.40. The number of aliphatic hydroxyl groups excluding tert-OH is 1. The maximum absolute atomic E-state index is 13.5. The number of benzene rings is 2. The number of rotatable bonds is 6. The Kier molecular flexibility index (Phi) is 6.33. The highest BCUT2D eigenvalue weighted by atomic mass is 32.2. The summed E-state index contributed by atoms with van der Waals surface area (Å²) in [6.07, 6.45) is 0.975. The summed E-state index contributed by atoms with van der Waals surface area (Å²) >= 11 is 0. The van der Waals surface area contributed by atoms with Crippen molar-refractivity contribution in [3.8, 4) is 0 Å². The Morgan fingerprint density at radius 1 is 0.963 bits per heavy atom. The second-order valence-electron chi connectivity index (χ2n) is 8.29. The molecule has 0 unspecified atom stereocenters. The Labute approximate surface area is 163 Å². The van der Waals surface area contributed by atoms with Gasteiger partial charge in [0.05, 0.1) is 10.9 Å². The van der Waals surface area contributed by atoms with Gasteiger partial charge in [-0.3, -0.25) is 0 Å². The van der Waals surface area contributed by atoms with Crippen LogP contribution in [0.5, 0.6) is 0 Å². The van der Waals surface area contributed by atoms with Crippen LogP contribution >= 0.6 is 0 Å². The molecule has 2 aromatic rings. The molecule has 0 saturated carbocycles. The molecule has 0 aromatic heterocycles. The third-order valence-electron chi connectivity index (χ3n) is 5.02. The summed E-state index contributed by atoms with van der Waals surface area (Å²) < 4.78 is 24.7. The molecule has 2 rings (SSSR count). The van der Waals surface area contributed by atoms with Crippen molar-refractivity contribution in [1.82, 2.24) is 0 Å². The summed E-state index contributed by atoms with van der Waals surface area (Å²) in [4.78, 5) is 0. The topological polar surface area (TPSA) is 54.4 Å². The van der Waals surface area contributed by atoms with E-state index in [1.165, 1.54) is 0 Å². The summed E-state index contributed by atoms with van der Waals surface area (Å²) in [6, 6.07) is 19.1. The van der Waals surface area contributed by atoms with E-state index < -0.39 is 25.4 Å². The van der Waals surface area contributed by atoms with E-state index in [4.69, 9.17) is 0 Å². The predicted molar refractivity (Wildman–Crippen MR) is 113 cm³/mol. The number of hydrogen-bond acceptors (Lipinski definition) is 3. The van der Waals surface area contributed by atoms with Crippen LogP contribution in [0.1, 0.15) is 45.7 Å². The average Bonchev–Trinajstić information content (AvgIpc) is 2.61. The molecule has 0 aliphatic carbocycles. The average molecular weight is 387 g/mol. The van der Waals surface area contributed by atoms with Crippen LogP contribution in [0.25, 0.3) is 6.08 Å². The fourth-order valence-electron chi connectivity index (χ4n) is 3.41. The first-order valence-electron chi connectivity index (χ1n) is 9.18. The van der Waals surface area contributed by atoms with Crippen molar-refractivity contribution in [3.63, 3.8) is 0 Å². The number of hydrogen-bond donors (Lipinski definition) is 1. The summed E-state index contributed by atoms with van der Waals surface area (Å²) in [7, 11) is -3.66. The zero-order chi connectivity index (χ0) is 20.3. The van der Waals surface area contributed by atoms with Crippen molar-refractivity contribution in [1.29, 1.82) is 0 Å². The Hall–Kier alpha value is -1.91. The highest BCUT2D eigenvalue weighted by molar-refractivity contribution is 7.94. The van der Waals surface area contributed by atoms with Crippen LogP contribution in [0.15, 0.2) is 66.2 Å². The molecule has 0 radical (unpaired) electrons. The Morgan fingerprint density at radius 2 is 1.44 bits per heavy atom. The minimum absolute atomic E-state index is 0.245. The standard InChI is InChI=1S/C23H30O3S/c1-18(16-19-12-8-6-9-13-19)21(24)23(5,27(25,26)22(2,3)4)17-20-14-10-7-11-15-20/h6-16,21,24H,17H2,1-5H3/b18-16+/t21-,23+/m1/s1. The molecule has 0 bridgehead atoms. The van der Waals surface area contributed by atoms with Gasteiger partial charge >= 0.3 is 0 Å². The summed E-state index contributed by atoms with van der Waals surface area (Å²) in [6.45, 7) is 8.52. The van der Waals surface area contributed by atoms with Gasteiger partial charge in [-0.25, -0.2) is 8.42 Å². The highest BCUT2D eigenvalue weighted by Gasteiger charge is 2.51.